The van der Waals surface area contributed by atoms with Crippen LogP contribution < -0.4 is 15.0 Å². The number of nitrogens with one attached hydrogen (secondary N) is 1. The van der Waals surface area contributed by atoms with E-state index in [1.54, 1.807) is 7.11 Å². The quantitative estimate of drug-likeness (QED) is 0.530. The highest BCUT2D eigenvalue weighted by molar-refractivity contribution is 5.84. The Kier molecular flexibility index (Phi) is 6.84. The van der Waals surface area contributed by atoms with E-state index in [1.807, 2.05) is 36.4 Å². The number of carbonyl (C=O) groups excluding carboxylic acids is 1. The van der Waals surface area contributed by atoms with Gasteiger partial charge in [-0.3, -0.25) is 5.32 Å². The van der Waals surface area contributed by atoms with Crippen LogP contribution in [-0.4, -0.2) is 25.9 Å². The van der Waals surface area contributed by atoms with Gasteiger partial charge in [-0.05, 0) is 48.6 Å². The van der Waals surface area contributed by atoms with Gasteiger partial charge in [0.2, 0.25) is 0 Å². The number of hydrogen-bond acceptors (Lipinski definition) is 5. The Hall–Kier alpha value is -3.20. The number of hydrogen-bond donors (Lipinski definition) is 1. The molecule has 1 aliphatic heterocycles. The smallest absolute Gasteiger partial charge is 0.411 e. The van der Waals surface area contributed by atoms with Gasteiger partial charge in [-0.15, -0.1) is 0 Å². The van der Waals surface area contributed by atoms with Crippen LogP contribution in [0.1, 0.15) is 68.5 Å². The summed E-state index contributed by atoms with van der Waals surface area (Å²) in [4.78, 5) is 14.6. The van der Waals surface area contributed by atoms with Gasteiger partial charge >= 0.3 is 6.09 Å². The van der Waals surface area contributed by atoms with Crippen molar-refractivity contribution < 1.29 is 14.3 Å². The summed E-state index contributed by atoms with van der Waals surface area (Å²) >= 11 is 0. The average Bonchev–Trinajstić information content (AvgIpc) is 3.44. The summed E-state index contributed by atoms with van der Waals surface area (Å²) in [6.45, 7) is 2.47. The van der Waals surface area contributed by atoms with Crippen LogP contribution in [0.15, 0.2) is 42.5 Å². The van der Waals surface area contributed by atoms with Gasteiger partial charge in [-0.2, -0.15) is 5.26 Å². The van der Waals surface area contributed by atoms with E-state index >= 15 is 0 Å². The number of rotatable bonds is 7. The van der Waals surface area contributed by atoms with Gasteiger partial charge < -0.3 is 14.4 Å². The SMILES string of the molecule is CCCCOC(=O)Nc1cccc(C2C(C#N)c3ccc(OC)cc3N2C2CCCC2)c1. The van der Waals surface area contributed by atoms with Gasteiger partial charge in [0.15, 0.2) is 0 Å². The molecule has 0 radical (unpaired) electrons. The van der Waals surface area contributed by atoms with Crippen LogP contribution in [-0.2, 0) is 4.74 Å². The fourth-order valence-electron chi connectivity index (χ4n) is 4.98. The normalized spacial score (nSPS) is 20.0. The fourth-order valence-corrected chi connectivity index (χ4v) is 4.98. The van der Waals surface area contributed by atoms with Crippen molar-refractivity contribution >= 4 is 17.5 Å². The van der Waals surface area contributed by atoms with Crippen molar-refractivity contribution in [3.8, 4) is 11.8 Å². The summed E-state index contributed by atoms with van der Waals surface area (Å²) in [6, 6.07) is 16.7. The molecule has 1 heterocycles. The Balaban J connectivity index is 1.66. The second-order valence-corrected chi connectivity index (χ2v) is 8.56. The summed E-state index contributed by atoms with van der Waals surface area (Å²) in [5.41, 5.74) is 3.83. The van der Waals surface area contributed by atoms with Gasteiger partial charge in [0.25, 0.3) is 0 Å². The highest BCUT2D eigenvalue weighted by atomic mass is 16.5. The van der Waals surface area contributed by atoms with E-state index in [4.69, 9.17) is 9.47 Å². The van der Waals surface area contributed by atoms with E-state index in [-0.39, 0.29) is 12.0 Å². The molecule has 6 heteroatoms. The predicted octanol–water partition coefficient (Wildman–Crippen LogP) is 6.15. The van der Waals surface area contributed by atoms with Gasteiger partial charge in [0.05, 0.1) is 31.7 Å². The number of amides is 1. The number of benzene rings is 2. The predicted molar refractivity (Wildman–Crippen MR) is 125 cm³/mol. The number of nitrogens with zero attached hydrogens (tertiary/aromatic N) is 2. The van der Waals surface area contributed by atoms with E-state index in [0.717, 1.165) is 48.2 Å². The fraction of sp³-hybridized carbons (Fsp3) is 0.462. The van der Waals surface area contributed by atoms with Crippen LogP contribution in [0, 0.1) is 11.3 Å². The molecule has 2 aliphatic rings. The van der Waals surface area contributed by atoms with Crippen molar-refractivity contribution in [2.75, 3.05) is 23.9 Å². The lowest BCUT2D eigenvalue weighted by Crippen LogP contribution is -2.35. The topological polar surface area (TPSA) is 74.6 Å². The zero-order valence-electron chi connectivity index (χ0n) is 18.8. The lowest BCUT2D eigenvalue weighted by Gasteiger charge is -2.35. The molecule has 0 spiro atoms. The van der Waals surface area contributed by atoms with Crippen molar-refractivity contribution in [1.29, 1.82) is 5.26 Å². The Bertz CT molecular complexity index is 994. The molecule has 2 atom stereocenters. The molecular weight excluding hydrogens is 402 g/mol. The van der Waals surface area contributed by atoms with Crippen molar-refractivity contribution in [3.05, 3.63) is 53.6 Å². The molecule has 0 saturated heterocycles. The summed E-state index contributed by atoms with van der Waals surface area (Å²) in [5, 5.41) is 13.0. The maximum absolute atomic E-state index is 12.2. The van der Waals surface area contributed by atoms with Crippen molar-refractivity contribution in [2.24, 2.45) is 0 Å². The Labute approximate surface area is 190 Å². The summed E-state index contributed by atoms with van der Waals surface area (Å²) in [6.07, 6.45) is 6.02. The second kappa shape index (κ2) is 9.95. The maximum atomic E-state index is 12.2. The molecule has 2 aromatic carbocycles. The number of ether oxygens (including phenoxy) is 2. The zero-order chi connectivity index (χ0) is 22.5. The Morgan fingerprint density at radius 1 is 1.22 bits per heavy atom. The van der Waals surface area contributed by atoms with Gasteiger partial charge in [0, 0.05) is 23.5 Å². The average molecular weight is 434 g/mol. The minimum absolute atomic E-state index is 0.108. The third-order valence-electron chi connectivity index (χ3n) is 6.53. The molecule has 6 nitrogen and oxygen atoms in total. The van der Waals surface area contributed by atoms with E-state index in [1.165, 1.54) is 12.8 Å². The zero-order valence-corrected chi connectivity index (χ0v) is 18.8. The molecule has 2 unspecified atom stereocenters. The monoisotopic (exact) mass is 433 g/mol. The Morgan fingerprint density at radius 3 is 2.75 bits per heavy atom. The van der Waals surface area contributed by atoms with E-state index in [2.05, 4.69) is 29.3 Å². The molecule has 0 bridgehead atoms. The van der Waals surface area contributed by atoms with E-state index in [9.17, 15) is 10.1 Å². The molecule has 0 aromatic heterocycles. The lowest BCUT2D eigenvalue weighted by atomic mass is 9.90. The first-order valence-electron chi connectivity index (χ1n) is 11.6. The van der Waals surface area contributed by atoms with E-state index < -0.39 is 6.09 Å². The minimum Gasteiger partial charge on any atom is -0.497 e. The molecule has 1 N–H and O–H groups in total. The summed E-state index contributed by atoms with van der Waals surface area (Å²) < 4.78 is 10.7. The first-order chi connectivity index (χ1) is 15.7. The van der Waals surface area contributed by atoms with Crippen LogP contribution in [0.4, 0.5) is 16.2 Å². The highest BCUT2D eigenvalue weighted by Gasteiger charge is 2.43. The largest absolute Gasteiger partial charge is 0.497 e. The molecule has 1 aliphatic carbocycles. The van der Waals surface area contributed by atoms with Crippen LogP contribution in [0.5, 0.6) is 5.75 Å². The summed E-state index contributed by atoms with van der Waals surface area (Å²) in [5.74, 6) is 0.512. The third-order valence-corrected chi connectivity index (χ3v) is 6.53. The number of unbranched alkanes of at least 4 members (excludes halogenated alkanes) is 1. The highest BCUT2D eigenvalue weighted by Crippen LogP contribution is 2.52. The molecule has 1 amide bonds. The third kappa shape index (κ3) is 4.38. The van der Waals surface area contributed by atoms with Crippen molar-refractivity contribution in [3.63, 3.8) is 0 Å². The number of anilines is 2. The van der Waals surface area contributed by atoms with Gasteiger partial charge in [0.1, 0.15) is 5.75 Å². The lowest BCUT2D eigenvalue weighted by molar-refractivity contribution is 0.160. The Morgan fingerprint density at radius 2 is 2.03 bits per heavy atom. The molecular formula is C26H31N3O3. The number of fused-ring (bicyclic) bond motifs is 1. The molecule has 168 valence electrons. The number of methoxy groups -OCH3 is 1. The van der Waals surface area contributed by atoms with Crippen LogP contribution >= 0.6 is 0 Å². The maximum Gasteiger partial charge on any atom is 0.411 e. The second-order valence-electron chi connectivity index (χ2n) is 8.56. The number of nitriles is 1. The molecule has 4 rings (SSSR count). The van der Waals surface area contributed by atoms with Crippen LogP contribution in [0.3, 0.4) is 0 Å². The standard InChI is InChI=1S/C26H31N3O3/c1-3-4-14-32-26(30)28-19-9-7-8-18(15-19)25-23(17-27)22-13-12-21(31-2)16-24(22)29(25)20-10-5-6-11-20/h7-9,12-13,15-16,20,23,25H,3-6,10-11,14H2,1-2H3,(H,28,30). The molecule has 2 aromatic rings. The molecule has 1 fully saturated rings. The molecule has 32 heavy (non-hydrogen) atoms. The van der Waals surface area contributed by atoms with Crippen LogP contribution in [0.2, 0.25) is 0 Å². The number of carbonyl (C=O) groups is 1. The minimum atomic E-state index is -0.445. The van der Waals surface area contributed by atoms with Gasteiger partial charge in [-0.25, -0.2) is 4.79 Å². The van der Waals surface area contributed by atoms with E-state index in [0.29, 0.717) is 18.3 Å². The van der Waals surface area contributed by atoms with Crippen molar-refractivity contribution in [1.82, 2.24) is 0 Å². The first-order valence-corrected chi connectivity index (χ1v) is 11.6. The van der Waals surface area contributed by atoms with Gasteiger partial charge in [-0.1, -0.05) is 44.4 Å². The summed E-state index contributed by atoms with van der Waals surface area (Å²) in [7, 11) is 1.67. The van der Waals surface area contributed by atoms with Crippen molar-refractivity contribution in [2.45, 2.75) is 63.5 Å². The van der Waals surface area contributed by atoms with Crippen LogP contribution in [0.25, 0.3) is 0 Å². The first kappa shape index (κ1) is 22.0. The molecule has 1 saturated carbocycles.